The van der Waals surface area contributed by atoms with E-state index in [2.05, 4.69) is 20.7 Å². The highest BCUT2D eigenvalue weighted by Crippen LogP contribution is 2.09. The number of carbonyl (C=O) groups excluding carboxylic acids is 3. The Morgan fingerprint density at radius 1 is 1.19 bits per heavy atom. The second-order valence-corrected chi connectivity index (χ2v) is 3.53. The van der Waals surface area contributed by atoms with E-state index in [1.165, 1.54) is 13.8 Å². The Hall–Kier alpha value is -1.11. The molecule has 0 fully saturated rings. The highest BCUT2D eigenvalue weighted by atomic mass is 79.9. The molecule has 0 unspecified atom stereocenters. The zero-order chi connectivity index (χ0) is 12.6. The minimum atomic E-state index is -0.814. The second kappa shape index (κ2) is 8.09. The molecule has 0 saturated carbocycles. The standard InChI is InChI=1S/C9H13BrO6/c1-6(12)15-8(3-10)9(4-14-5-11)16-7(2)13/h5,8-9H,3-4H2,1-2H3/t8-,9+/m1/s1. The Kier molecular flexibility index (Phi) is 7.53. The minimum Gasteiger partial charge on any atom is -0.464 e. The number of hydrogen-bond acceptors (Lipinski definition) is 6. The van der Waals surface area contributed by atoms with Gasteiger partial charge in [0.25, 0.3) is 6.47 Å². The number of rotatable bonds is 7. The molecule has 7 heteroatoms. The van der Waals surface area contributed by atoms with Gasteiger partial charge in [-0.3, -0.25) is 14.4 Å². The monoisotopic (exact) mass is 296 g/mol. The summed E-state index contributed by atoms with van der Waals surface area (Å²) in [7, 11) is 0. The van der Waals surface area contributed by atoms with E-state index >= 15 is 0 Å². The van der Waals surface area contributed by atoms with Crippen molar-refractivity contribution < 1.29 is 28.6 Å². The van der Waals surface area contributed by atoms with Crippen molar-refractivity contribution >= 4 is 34.3 Å². The summed E-state index contributed by atoms with van der Waals surface area (Å²) in [5.74, 6) is -1.05. The number of halogens is 1. The van der Waals surface area contributed by atoms with Crippen molar-refractivity contribution in [2.24, 2.45) is 0 Å². The fourth-order valence-electron chi connectivity index (χ4n) is 0.984. The Bertz CT molecular complexity index is 254. The summed E-state index contributed by atoms with van der Waals surface area (Å²) in [6, 6.07) is 0. The third-order valence-electron chi connectivity index (χ3n) is 1.53. The lowest BCUT2D eigenvalue weighted by atomic mass is 10.2. The van der Waals surface area contributed by atoms with Gasteiger partial charge in [-0.05, 0) is 0 Å². The third kappa shape index (κ3) is 6.39. The molecule has 0 heterocycles. The third-order valence-corrected chi connectivity index (χ3v) is 2.17. The molecule has 0 bridgehead atoms. The van der Waals surface area contributed by atoms with Crippen LogP contribution in [0.25, 0.3) is 0 Å². The number of carbonyl (C=O) groups is 3. The Morgan fingerprint density at radius 2 is 1.69 bits per heavy atom. The number of alkyl halides is 1. The first-order valence-corrected chi connectivity index (χ1v) is 5.59. The quantitative estimate of drug-likeness (QED) is 0.293. The lowest BCUT2D eigenvalue weighted by molar-refractivity contribution is -0.168. The van der Waals surface area contributed by atoms with E-state index < -0.39 is 24.1 Å². The fraction of sp³-hybridized carbons (Fsp3) is 0.667. The highest BCUT2D eigenvalue weighted by molar-refractivity contribution is 9.09. The van der Waals surface area contributed by atoms with Gasteiger partial charge in [0.15, 0.2) is 12.2 Å². The fourth-order valence-corrected chi connectivity index (χ4v) is 1.53. The number of esters is 2. The summed E-state index contributed by atoms with van der Waals surface area (Å²) in [6.07, 6.45) is -1.51. The molecule has 0 aliphatic rings. The van der Waals surface area contributed by atoms with Gasteiger partial charge in [-0.2, -0.15) is 0 Å². The lowest BCUT2D eigenvalue weighted by Crippen LogP contribution is -2.39. The van der Waals surface area contributed by atoms with Crippen LogP contribution in [0.5, 0.6) is 0 Å². The average molecular weight is 297 g/mol. The molecule has 0 amide bonds. The molecule has 0 aromatic heterocycles. The van der Waals surface area contributed by atoms with Crippen molar-refractivity contribution in [3.05, 3.63) is 0 Å². The Labute approximate surface area is 101 Å². The Balaban J connectivity index is 4.46. The van der Waals surface area contributed by atoms with Crippen LogP contribution >= 0.6 is 15.9 Å². The molecule has 0 aromatic rings. The van der Waals surface area contributed by atoms with Crippen LogP contribution in [0, 0.1) is 0 Å². The zero-order valence-corrected chi connectivity index (χ0v) is 10.6. The zero-order valence-electron chi connectivity index (χ0n) is 8.97. The largest absolute Gasteiger partial charge is 0.464 e. The van der Waals surface area contributed by atoms with Crippen LogP contribution in [-0.2, 0) is 28.6 Å². The van der Waals surface area contributed by atoms with Crippen LogP contribution in [-0.4, -0.2) is 42.6 Å². The van der Waals surface area contributed by atoms with E-state index in [9.17, 15) is 14.4 Å². The van der Waals surface area contributed by atoms with Crippen molar-refractivity contribution in [3.8, 4) is 0 Å². The molecule has 0 N–H and O–H groups in total. The smallest absolute Gasteiger partial charge is 0.303 e. The van der Waals surface area contributed by atoms with Crippen molar-refractivity contribution in [2.45, 2.75) is 26.1 Å². The van der Waals surface area contributed by atoms with Gasteiger partial charge in [-0.25, -0.2) is 0 Å². The summed E-state index contributed by atoms with van der Waals surface area (Å²) in [5, 5.41) is 0.271. The predicted molar refractivity (Wildman–Crippen MR) is 56.9 cm³/mol. The predicted octanol–water partition coefficient (Wildman–Crippen LogP) is 0.418. The first-order chi connectivity index (χ1) is 7.51. The van der Waals surface area contributed by atoms with Gasteiger partial charge in [0.2, 0.25) is 0 Å². The van der Waals surface area contributed by atoms with E-state index in [1.54, 1.807) is 0 Å². The van der Waals surface area contributed by atoms with Gasteiger partial charge in [0.1, 0.15) is 6.61 Å². The van der Waals surface area contributed by atoms with E-state index in [-0.39, 0.29) is 18.4 Å². The maximum Gasteiger partial charge on any atom is 0.303 e. The molecule has 6 nitrogen and oxygen atoms in total. The van der Waals surface area contributed by atoms with Crippen LogP contribution in [0.3, 0.4) is 0 Å². The van der Waals surface area contributed by atoms with Crippen molar-refractivity contribution in [1.29, 1.82) is 0 Å². The number of ether oxygens (including phenoxy) is 3. The molecular weight excluding hydrogens is 284 g/mol. The van der Waals surface area contributed by atoms with Crippen molar-refractivity contribution in [1.82, 2.24) is 0 Å². The maximum atomic E-state index is 10.8. The second-order valence-electron chi connectivity index (χ2n) is 2.88. The molecule has 0 aromatic carbocycles. The van der Waals surface area contributed by atoms with E-state index in [0.717, 1.165) is 0 Å². The van der Waals surface area contributed by atoms with Crippen LogP contribution < -0.4 is 0 Å². The number of hydrogen-bond donors (Lipinski definition) is 0. The molecule has 0 aliphatic carbocycles. The van der Waals surface area contributed by atoms with Gasteiger partial charge >= 0.3 is 11.9 Å². The van der Waals surface area contributed by atoms with E-state index in [4.69, 9.17) is 9.47 Å². The van der Waals surface area contributed by atoms with E-state index in [0.29, 0.717) is 0 Å². The first-order valence-electron chi connectivity index (χ1n) is 4.47. The molecule has 0 radical (unpaired) electrons. The topological polar surface area (TPSA) is 78.9 Å². The van der Waals surface area contributed by atoms with Crippen molar-refractivity contribution in [3.63, 3.8) is 0 Å². The van der Waals surface area contributed by atoms with Crippen LogP contribution in [0.15, 0.2) is 0 Å². The Morgan fingerprint density at radius 3 is 2.06 bits per heavy atom. The van der Waals surface area contributed by atoms with Crippen molar-refractivity contribution in [2.75, 3.05) is 11.9 Å². The maximum absolute atomic E-state index is 10.8. The van der Waals surface area contributed by atoms with Gasteiger partial charge in [0, 0.05) is 19.2 Å². The van der Waals surface area contributed by atoms with Gasteiger partial charge in [-0.1, -0.05) is 15.9 Å². The molecule has 0 saturated heterocycles. The molecule has 0 aliphatic heterocycles. The molecule has 92 valence electrons. The molecule has 16 heavy (non-hydrogen) atoms. The first kappa shape index (κ1) is 14.9. The molecule has 0 spiro atoms. The minimum absolute atomic E-state index is 0.160. The summed E-state index contributed by atoms with van der Waals surface area (Å²) >= 11 is 3.11. The van der Waals surface area contributed by atoms with Crippen LogP contribution in [0.2, 0.25) is 0 Å². The van der Waals surface area contributed by atoms with Gasteiger partial charge < -0.3 is 14.2 Å². The molecular formula is C9H13BrO6. The SMILES string of the molecule is CC(=O)O[C@@H](COC=O)[C@@H](CBr)OC(C)=O. The highest BCUT2D eigenvalue weighted by Gasteiger charge is 2.26. The normalized spacial score (nSPS) is 13.4. The molecule has 0 rings (SSSR count). The van der Waals surface area contributed by atoms with Gasteiger partial charge in [-0.15, -0.1) is 0 Å². The summed E-state index contributed by atoms with van der Waals surface area (Å²) in [6.45, 7) is 2.52. The van der Waals surface area contributed by atoms with Gasteiger partial charge in [0.05, 0.1) is 0 Å². The van der Waals surface area contributed by atoms with E-state index in [1.807, 2.05) is 0 Å². The average Bonchev–Trinajstić information content (AvgIpc) is 2.20. The summed E-state index contributed by atoms with van der Waals surface area (Å²) in [4.78, 5) is 31.6. The molecule has 2 atom stereocenters. The summed E-state index contributed by atoms with van der Waals surface area (Å²) in [5.41, 5.74) is 0. The lowest BCUT2D eigenvalue weighted by Gasteiger charge is -2.23. The van der Waals surface area contributed by atoms with Crippen LogP contribution in [0.4, 0.5) is 0 Å². The van der Waals surface area contributed by atoms with Crippen LogP contribution in [0.1, 0.15) is 13.8 Å². The summed E-state index contributed by atoms with van der Waals surface area (Å²) < 4.78 is 14.3.